The summed E-state index contributed by atoms with van der Waals surface area (Å²) in [5.74, 6) is 0.270. The third-order valence-corrected chi connectivity index (χ3v) is 3.04. The predicted molar refractivity (Wildman–Crippen MR) is 59.0 cm³/mol. The van der Waals surface area contributed by atoms with Gasteiger partial charge < -0.3 is 0 Å². The second kappa shape index (κ2) is 3.65. The van der Waals surface area contributed by atoms with E-state index in [9.17, 15) is 4.79 Å². The molecule has 0 aromatic carbocycles. The fourth-order valence-electron chi connectivity index (χ4n) is 1.45. The summed E-state index contributed by atoms with van der Waals surface area (Å²) in [6, 6.07) is 0. The molecule has 0 aromatic heterocycles. The molecule has 74 valence electrons. The lowest BCUT2D eigenvalue weighted by Gasteiger charge is -2.12. The zero-order valence-corrected chi connectivity index (χ0v) is 8.97. The molecule has 0 unspecified atom stereocenters. The van der Waals surface area contributed by atoms with Gasteiger partial charge >= 0.3 is 0 Å². The van der Waals surface area contributed by atoms with E-state index in [1.807, 2.05) is 13.8 Å². The molecule has 0 saturated carbocycles. The molecule has 2 heterocycles. The van der Waals surface area contributed by atoms with E-state index in [0.717, 1.165) is 23.6 Å². The van der Waals surface area contributed by atoms with Crippen molar-refractivity contribution in [1.82, 2.24) is 0 Å². The Kier molecular flexibility index (Phi) is 2.50. The van der Waals surface area contributed by atoms with E-state index in [-0.39, 0.29) is 11.8 Å². The predicted octanol–water partition coefficient (Wildman–Crippen LogP) is 1.86. The zero-order valence-electron chi connectivity index (χ0n) is 8.15. The Balaban J connectivity index is 2.26. The van der Waals surface area contributed by atoms with Gasteiger partial charge in [-0.1, -0.05) is 6.92 Å². The minimum Gasteiger partial charge on any atom is -0.271 e. The summed E-state index contributed by atoms with van der Waals surface area (Å²) < 4.78 is 4.13. The van der Waals surface area contributed by atoms with E-state index in [4.69, 9.17) is 0 Å². The number of nitrogens with zero attached hydrogens (tertiary/aromatic N) is 3. The largest absolute Gasteiger partial charge is 0.271 e. The Hall–Kier alpha value is -0.970. The average Bonchev–Trinajstić information content (AvgIpc) is 2.48. The van der Waals surface area contributed by atoms with Gasteiger partial charge in [-0.3, -0.25) is 4.79 Å². The van der Waals surface area contributed by atoms with Gasteiger partial charge in [-0.05, 0) is 13.3 Å². The van der Waals surface area contributed by atoms with Gasteiger partial charge in [0.15, 0.2) is 0 Å². The summed E-state index contributed by atoms with van der Waals surface area (Å²) in [6.45, 7) is 3.89. The van der Waals surface area contributed by atoms with E-state index in [1.54, 1.807) is 0 Å². The van der Waals surface area contributed by atoms with Gasteiger partial charge in [-0.15, -0.1) is 0 Å². The maximum Gasteiger partial charge on any atom is 0.262 e. The molecule has 5 heteroatoms. The maximum atomic E-state index is 11.6. The molecule has 0 saturated heterocycles. The lowest BCUT2D eigenvalue weighted by molar-refractivity contribution is -0.118. The minimum atomic E-state index is -0.277. The van der Waals surface area contributed by atoms with Crippen LogP contribution < -0.4 is 0 Å². The van der Waals surface area contributed by atoms with Crippen LogP contribution in [0, 0.1) is 5.92 Å². The van der Waals surface area contributed by atoms with Crippen molar-refractivity contribution in [3.05, 3.63) is 0 Å². The minimum absolute atomic E-state index is 0.107. The molecular formula is C9H11N3OS. The molecule has 4 nitrogen and oxygen atoms in total. The summed E-state index contributed by atoms with van der Waals surface area (Å²) >= 11 is 1.30. The molecule has 0 aliphatic carbocycles. The van der Waals surface area contributed by atoms with E-state index >= 15 is 0 Å². The number of hydrogen-bond acceptors (Lipinski definition) is 4. The molecule has 0 N–H and O–H groups in total. The van der Waals surface area contributed by atoms with E-state index in [1.165, 1.54) is 11.9 Å². The number of amides is 1. The third-order valence-electron chi connectivity index (χ3n) is 2.15. The molecular weight excluding hydrogens is 198 g/mol. The monoisotopic (exact) mass is 209 g/mol. The second-order valence-electron chi connectivity index (χ2n) is 3.32. The van der Waals surface area contributed by atoms with Crippen LogP contribution in [0.25, 0.3) is 0 Å². The lowest BCUT2D eigenvalue weighted by atomic mass is 10.0. The molecule has 0 radical (unpaired) electrons. The first kappa shape index (κ1) is 9.58. The number of amidine groups is 1. The summed E-state index contributed by atoms with van der Waals surface area (Å²) in [4.78, 5) is 19.9. The smallest absolute Gasteiger partial charge is 0.262 e. The van der Waals surface area contributed by atoms with Crippen LogP contribution in [0.1, 0.15) is 26.7 Å². The van der Waals surface area contributed by atoms with Gasteiger partial charge in [0.25, 0.3) is 5.91 Å². The molecule has 2 aliphatic heterocycles. The van der Waals surface area contributed by atoms with Crippen LogP contribution in [0.15, 0.2) is 14.4 Å². The highest BCUT2D eigenvalue weighted by Crippen LogP contribution is 2.29. The Morgan fingerprint density at radius 3 is 2.93 bits per heavy atom. The summed E-state index contributed by atoms with van der Waals surface area (Å²) in [7, 11) is 0. The highest BCUT2D eigenvalue weighted by Gasteiger charge is 2.35. The Morgan fingerprint density at radius 2 is 2.21 bits per heavy atom. The van der Waals surface area contributed by atoms with Gasteiger partial charge in [0, 0.05) is 24.1 Å². The van der Waals surface area contributed by atoms with E-state index in [2.05, 4.69) is 14.4 Å². The van der Waals surface area contributed by atoms with Crippen molar-refractivity contribution in [2.24, 2.45) is 20.3 Å². The SMILES string of the molecule is CCCC1=NC(=O)[C@@H]2C(C)=NSC2=N1. The lowest BCUT2D eigenvalue weighted by Crippen LogP contribution is -2.28. The standard InChI is InChI=1S/C9H11N3OS/c1-3-4-6-10-8(13)7-5(2)12-14-9(7)11-6/h7H,3-4H2,1-2H3/t7-/m0/s1. The van der Waals surface area contributed by atoms with Crippen LogP contribution in [-0.4, -0.2) is 22.5 Å². The highest BCUT2D eigenvalue weighted by molar-refractivity contribution is 8.13. The van der Waals surface area contributed by atoms with E-state index < -0.39 is 0 Å². The van der Waals surface area contributed by atoms with Crippen molar-refractivity contribution in [2.45, 2.75) is 26.7 Å². The fraction of sp³-hybridized carbons (Fsp3) is 0.556. The second-order valence-corrected chi connectivity index (χ2v) is 4.11. The Bertz CT molecular complexity index is 370. The number of aliphatic imine (C=N–C) groups is 2. The van der Waals surface area contributed by atoms with Crippen LogP contribution in [0.2, 0.25) is 0 Å². The summed E-state index contributed by atoms with van der Waals surface area (Å²) in [5, 5.41) is 0.797. The van der Waals surface area contributed by atoms with Gasteiger partial charge in [0.1, 0.15) is 16.8 Å². The fourth-order valence-corrected chi connectivity index (χ4v) is 2.32. The van der Waals surface area contributed by atoms with Gasteiger partial charge in [0.05, 0.1) is 0 Å². The maximum absolute atomic E-state index is 11.6. The molecule has 1 amide bonds. The van der Waals surface area contributed by atoms with E-state index in [0.29, 0.717) is 5.84 Å². The first-order chi connectivity index (χ1) is 6.72. The quantitative estimate of drug-likeness (QED) is 0.652. The van der Waals surface area contributed by atoms with Crippen molar-refractivity contribution in [3.63, 3.8) is 0 Å². The molecule has 0 fully saturated rings. The molecule has 0 aromatic rings. The third kappa shape index (κ3) is 1.52. The van der Waals surface area contributed by atoms with Crippen LogP contribution in [0.3, 0.4) is 0 Å². The molecule has 14 heavy (non-hydrogen) atoms. The van der Waals surface area contributed by atoms with Crippen molar-refractivity contribution >= 4 is 34.4 Å². The topological polar surface area (TPSA) is 54.1 Å². The van der Waals surface area contributed by atoms with Crippen molar-refractivity contribution in [1.29, 1.82) is 0 Å². The number of rotatable bonds is 2. The number of carbonyl (C=O) groups excluding carboxylic acids is 1. The van der Waals surface area contributed by atoms with Crippen LogP contribution in [-0.2, 0) is 4.79 Å². The van der Waals surface area contributed by atoms with Gasteiger partial charge in [0.2, 0.25) is 0 Å². The Labute approximate surface area is 86.8 Å². The highest BCUT2D eigenvalue weighted by atomic mass is 32.2. The van der Waals surface area contributed by atoms with Crippen LogP contribution in [0.4, 0.5) is 0 Å². The number of carbonyl (C=O) groups is 1. The van der Waals surface area contributed by atoms with Gasteiger partial charge in [-0.2, -0.15) is 4.99 Å². The van der Waals surface area contributed by atoms with Crippen molar-refractivity contribution < 1.29 is 4.79 Å². The van der Waals surface area contributed by atoms with Crippen molar-refractivity contribution in [3.8, 4) is 0 Å². The molecule has 0 bridgehead atoms. The van der Waals surface area contributed by atoms with Crippen LogP contribution in [0.5, 0.6) is 0 Å². The average molecular weight is 209 g/mol. The van der Waals surface area contributed by atoms with Crippen LogP contribution >= 0.6 is 11.9 Å². The first-order valence-corrected chi connectivity index (χ1v) is 5.41. The molecule has 2 aliphatic rings. The normalized spacial score (nSPS) is 25.4. The Morgan fingerprint density at radius 1 is 1.43 bits per heavy atom. The first-order valence-electron chi connectivity index (χ1n) is 4.64. The zero-order chi connectivity index (χ0) is 10.1. The molecule has 0 spiro atoms. The van der Waals surface area contributed by atoms with Gasteiger partial charge in [-0.25, -0.2) is 9.39 Å². The number of fused-ring (bicyclic) bond motifs is 1. The summed E-state index contributed by atoms with van der Waals surface area (Å²) in [5.41, 5.74) is 0.818. The summed E-state index contributed by atoms with van der Waals surface area (Å²) in [6.07, 6.45) is 1.72. The molecule has 2 rings (SSSR count). The molecule has 1 atom stereocenters. The van der Waals surface area contributed by atoms with Crippen molar-refractivity contribution in [2.75, 3.05) is 0 Å². The number of hydrogen-bond donors (Lipinski definition) is 0.